The molecule has 2 aromatic rings. The van der Waals surface area contributed by atoms with E-state index in [1.54, 1.807) is 0 Å². The van der Waals surface area contributed by atoms with Crippen LogP contribution in [0.3, 0.4) is 0 Å². The lowest BCUT2D eigenvalue weighted by atomic mass is 9.72. The summed E-state index contributed by atoms with van der Waals surface area (Å²) in [5.74, 6) is 0.808. The Morgan fingerprint density at radius 1 is 1.18 bits per heavy atom. The minimum Gasteiger partial charge on any atom is -0.343 e. The first-order valence-electron chi connectivity index (χ1n) is 10.6. The van der Waals surface area contributed by atoms with Crippen molar-refractivity contribution >= 4 is 22.7 Å². The fourth-order valence-electron chi connectivity index (χ4n) is 5.40. The van der Waals surface area contributed by atoms with Crippen molar-refractivity contribution in [3.63, 3.8) is 0 Å². The van der Waals surface area contributed by atoms with Crippen molar-refractivity contribution < 1.29 is 9.59 Å². The summed E-state index contributed by atoms with van der Waals surface area (Å²) in [4.78, 5) is 29.8. The SMILES string of the molecule is CCC(=O)n1cc2c3c(cccc31)C1C[C@@H](C(=O)N(CC)CC)CN(C)[C@@H]1C2. The molecule has 4 rings (SSSR count). The van der Waals surface area contributed by atoms with Crippen molar-refractivity contribution in [2.75, 3.05) is 26.7 Å². The van der Waals surface area contributed by atoms with E-state index in [0.29, 0.717) is 18.4 Å². The second-order valence-electron chi connectivity index (χ2n) is 8.27. The maximum Gasteiger partial charge on any atom is 0.230 e. The molecule has 0 N–H and O–H groups in total. The van der Waals surface area contributed by atoms with Gasteiger partial charge in [-0.05, 0) is 50.9 Å². The molecule has 1 aromatic carbocycles. The topological polar surface area (TPSA) is 45.6 Å². The van der Waals surface area contributed by atoms with Crippen LogP contribution in [0.4, 0.5) is 0 Å². The highest BCUT2D eigenvalue weighted by molar-refractivity contribution is 5.97. The lowest BCUT2D eigenvalue weighted by molar-refractivity contribution is -0.137. The maximum absolute atomic E-state index is 13.1. The zero-order valence-corrected chi connectivity index (χ0v) is 17.4. The van der Waals surface area contributed by atoms with Gasteiger partial charge >= 0.3 is 0 Å². The number of likely N-dealkylation sites (tertiary alicyclic amines) is 1. The van der Waals surface area contributed by atoms with Crippen LogP contribution in [0.1, 0.15) is 55.5 Å². The highest BCUT2D eigenvalue weighted by Gasteiger charge is 2.42. The fraction of sp³-hybridized carbons (Fsp3) is 0.565. The van der Waals surface area contributed by atoms with Crippen LogP contribution in [0.5, 0.6) is 0 Å². The summed E-state index contributed by atoms with van der Waals surface area (Å²) in [6.07, 6.45) is 4.40. The van der Waals surface area contributed by atoms with Gasteiger partial charge in [0.15, 0.2) is 0 Å². The number of aromatic nitrogens is 1. The molecule has 1 amide bonds. The number of amides is 1. The molecule has 0 saturated carbocycles. The number of hydrogen-bond donors (Lipinski definition) is 0. The Morgan fingerprint density at radius 2 is 1.93 bits per heavy atom. The first-order chi connectivity index (χ1) is 13.5. The minimum absolute atomic E-state index is 0.0438. The molecule has 2 aliphatic rings. The van der Waals surface area contributed by atoms with Crippen molar-refractivity contribution in [2.24, 2.45) is 5.92 Å². The van der Waals surface area contributed by atoms with Gasteiger partial charge in [-0.15, -0.1) is 0 Å². The Labute approximate surface area is 167 Å². The largest absolute Gasteiger partial charge is 0.343 e. The molecular formula is C23H31N3O2. The van der Waals surface area contributed by atoms with Gasteiger partial charge in [0, 0.05) is 49.6 Å². The maximum atomic E-state index is 13.1. The van der Waals surface area contributed by atoms with Gasteiger partial charge in [0.2, 0.25) is 11.8 Å². The Bertz CT molecular complexity index is 912. The number of fused-ring (bicyclic) bond motifs is 2. The van der Waals surface area contributed by atoms with Gasteiger partial charge in [0.05, 0.1) is 11.4 Å². The van der Waals surface area contributed by atoms with Crippen LogP contribution in [0, 0.1) is 5.92 Å². The van der Waals surface area contributed by atoms with E-state index < -0.39 is 0 Å². The molecule has 0 radical (unpaired) electrons. The second kappa shape index (κ2) is 7.36. The van der Waals surface area contributed by atoms with E-state index in [0.717, 1.165) is 38.0 Å². The summed E-state index contributed by atoms with van der Waals surface area (Å²) in [5, 5.41) is 1.25. The molecule has 1 unspecified atom stereocenters. The van der Waals surface area contributed by atoms with E-state index in [1.165, 1.54) is 16.5 Å². The van der Waals surface area contributed by atoms with Gasteiger partial charge in [-0.3, -0.25) is 14.2 Å². The molecule has 5 nitrogen and oxygen atoms in total. The van der Waals surface area contributed by atoms with Gasteiger partial charge in [-0.25, -0.2) is 0 Å². The monoisotopic (exact) mass is 381 g/mol. The zero-order valence-electron chi connectivity index (χ0n) is 17.4. The van der Waals surface area contributed by atoms with Crippen LogP contribution in [0.25, 0.3) is 10.9 Å². The van der Waals surface area contributed by atoms with Crippen LogP contribution < -0.4 is 0 Å². The third-order valence-electron chi connectivity index (χ3n) is 6.84. The van der Waals surface area contributed by atoms with E-state index >= 15 is 0 Å². The Morgan fingerprint density at radius 3 is 2.61 bits per heavy atom. The molecule has 5 heteroatoms. The lowest BCUT2D eigenvalue weighted by Gasteiger charge is -2.45. The molecule has 1 saturated heterocycles. The Hall–Kier alpha value is -2.14. The standard InChI is InChI=1S/C23H31N3O2/c1-5-21(27)26-14-15-12-20-18(17-9-8-10-19(26)22(15)17)11-16(13-24(20)4)23(28)25(6-2)7-3/h8-10,14,16,18,20H,5-7,11-13H2,1-4H3/t16-,18?,20-/m1/s1. The molecule has 1 aromatic heterocycles. The number of rotatable bonds is 4. The molecule has 0 spiro atoms. The molecule has 2 heterocycles. The van der Waals surface area contributed by atoms with E-state index in [-0.39, 0.29) is 17.7 Å². The second-order valence-corrected chi connectivity index (χ2v) is 8.27. The van der Waals surface area contributed by atoms with E-state index in [4.69, 9.17) is 0 Å². The van der Waals surface area contributed by atoms with E-state index in [1.807, 2.05) is 16.4 Å². The van der Waals surface area contributed by atoms with Gasteiger partial charge in [0.25, 0.3) is 0 Å². The van der Waals surface area contributed by atoms with Crippen molar-refractivity contribution in [3.8, 4) is 0 Å². The van der Waals surface area contributed by atoms with Crippen molar-refractivity contribution in [1.29, 1.82) is 0 Å². The van der Waals surface area contributed by atoms with E-state index in [2.05, 4.69) is 50.2 Å². The van der Waals surface area contributed by atoms with Crippen LogP contribution >= 0.6 is 0 Å². The smallest absolute Gasteiger partial charge is 0.230 e. The van der Waals surface area contributed by atoms with Crippen LogP contribution in [-0.2, 0) is 11.2 Å². The number of likely N-dealkylation sites (N-methyl/N-ethyl adjacent to an activating group) is 1. The third-order valence-corrected chi connectivity index (χ3v) is 6.84. The summed E-state index contributed by atoms with van der Waals surface area (Å²) >= 11 is 0. The summed E-state index contributed by atoms with van der Waals surface area (Å²) in [7, 11) is 2.15. The summed E-state index contributed by atoms with van der Waals surface area (Å²) < 4.78 is 1.84. The minimum atomic E-state index is 0.0438. The van der Waals surface area contributed by atoms with Crippen molar-refractivity contribution in [3.05, 3.63) is 35.5 Å². The first kappa shape index (κ1) is 19.2. The van der Waals surface area contributed by atoms with Crippen LogP contribution in [-0.4, -0.2) is 58.9 Å². The van der Waals surface area contributed by atoms with Gasteiger partial charge in [-0.1, -0.05) is 19.1 Å². The molecule has 0 bridgehead atoms. The quantitative estimate of drug-likeness (QED) is 0.814. The molecule has 1 aliphatic heterocycles. The molecule has 28 heavy (non-hydrogen) atoms. The average molecular weight is 382 g/mol. The van der Waals surface area contributed by atoms with Crippen molar-refractivity contribution in [2.45, 2.75) is 52.0 Å². The summed E-state index contributed by atoms with van der Waals surface area (Å²) in [5.41, 5.74) is 3.61. The molecule has 150 valence electrons. The van der Waals surface area contributed by atoms with Crippen molar-refractivity contribution in [1.82, 2.24) is 14.4 Å². The number of carbonyl (C=O) groups is 2. The third kappa shape index (κ3) is 2.87. The normalized spacial score (nSPS) is 24.2. The molecule has 1 fully saturated rings. The predicted molar refractivity (Wildman–Crippen MR) is 112 cm³/mol. The zero-order chi connectivity index (χ0) is 20.0. The number of benzene rings is 1. The Balaban J connectivity index is 1.75. The summed E-state index contributed by atoms with van der Waals surface area (Å²) in [6, 6.07) is 6.73. The highest BCUT2D eigenvalue weighted by atomic mass is 16.2. The number of nitrogens with zero attached hydrogens (tertiary/aromatic N) is 3. The Kier molecular flexibility index (Phi) is 5.04. The number of piperidine rings is 1. The number of carbonyl (C=O) groups excluding carboxylic acids is 2. The highest BCUT2D eigenvalue weighted by Crippen LogP contribution is 2.45. The molecule has 3 atom stereocenters. The van der Waals surface area contributed by atoms with E-state index in [9.17, 15) is 9.59 Å². The predicted octanol–water partition coefficient (Wildman–Crippen LogP) is 3.52. The molecular weight excluding hydrogens is 350 g/mol. The van der Waals surface area contributed by atoms with Crippen LogP contribution in [0.15, 0.2) is 24.4 Å². The van der Waals surface area contributed by atoms with Gasteiger partial charge in [0.1, 0.15) is 0 Å². The van der Waals surface area contributed by atoms with Crippen LogP contribution in [0.2, 0.25) is 0 Å². The average Bonchev–Trinajstić information content (AvgIpc) is 3.09. The number of hydrogen-bond acceptors (Lipinski definition) is 3. The summed E-state index contributed by atoms with van der Waals surface area (Å²) in [6.45, 7) is 8.37. The van der Waals surface area contributed by atoms with Gasteiger partial charge in [-0.2, -0.15) is 0 Å². The fourth-order valence-corrected chi connectivity index (χ4v) is 5.40. The van der Waals surface area contributed by atoms with Gasteiger partial charge < -0.3 is 9.80 Å². The first-order valence-corrected chi connectivity index (χ1v) is 10.6. The molecule has 1 aliphatic carbocycles. The lowest BCUT2D eigenvalue weighted by Crippen LogP contribution is -2.52.